The largest absolute Gasteiger partial charge is 0.378 e. The smallest absolute Gasteiger partial charge is 0.293 e. The first-order valence-corrected chi connectivity index (χ1v) is 9.41. The van der Waals surface area contributed by atoms with E-state index in [2.05, 4.69) is 0 Å². The second-order valence-electron chi connectivity index (χ2n) is 5.96. The number of amides is 1. The molecule has 2 aromatic rings. The van der Waals surface area contributed by atoms with E-state index in [1.54, 1.807) is 28.4 Å². The molecule has 1 aliphatic heterocycles. The number of anilines is 1. The predicted octanol–water partition coefficient (Wildman–Crippen LogP) is 3.16. The van der Waals surface area contributed by atoms with Gasteiger partial charge in [0.05, 0.1) is 24.7 Å². The van der Waals surface area contributed by atoms with Crippen molar-refractivity contribution >= 4 is 28.6 Å². The van der Waals surface area contributed by atoms with Crippen molar-refractivity contribution in [1.82, 2.24) is 4.90 Å². The highest BCUT2D eigenvalue weighted by molar-refractivity contribution is 7.09. The van der Waals surface area contributed by atoms with Crippen LogP contribution in [0.2, 0.25) is 0 Å². The lowest BCUT2D eigenvalue weighted by Crippen LogP contribution is -2.36. The van der Waals surface area contributed by atoms with Crippen molar-refractivity contribution in [3.05, 3.63) is 56.3 Å². The number of hydrogen-bond donors (Lipinski definition) is 0. The Morgan fingerprint density at radius 2 is 2.12 bits per heavy atom. The summed E-state index contributed by atoms with van der Waals surface area (Å²) in [5.74, 6) is -0.197. The summed E-state index contributed by atoms with van der Waals surface area (Å²) in [6, 6.07) is 8.67. The van der Waals surface area contributed by atoms with Crippen molar-refractivity contribution in [3.63, 3.8) is 0 Å². The molecular weight excluding hydrogens is 354 g/mol. The van der Waals surface area contributed by atoms with Crippen LogP contribution in [0.4, 0.5) is 11.4 Å². The Hall–Kier alpha value is -2.45. The van der Waals surface area contributed by atoms with Crippen molar-refractivity contribution in [3.8, 4) is 0 Å². The molecule has 1 amide bonds. The molecule has 0 saturated carbocycles. The number of hydrogen-bond acceptors (Lipinski definition) is 6. The van der Waals surface area contributed by atoms with Crippen LogP contribution in [0.3, 0.4) is 0 Å². The summed E-state index contributed by atoms with van der Waals surface area (Å²) in [4.78, 5) is 28.7. The highest BCUT2D eigenvalue weighted by atomic mass is 32.1. The predicted molar refractivity (Wildman–Crippen MR) is 101 cm³/mol. The van der Waals surface area contributed by atoms with E-state index >= 15 is 0 Å². The lowest BCUT2D eigenvalue weighted by molar-refractivity contribution is -0.384. The first-order chi connectivity index (χ1) is 12.6. The van der Waals surface area contributed by atoms with Crippen LogP contribution < -0.4 is 4.90 Å². The van der Waals surface area contributed by atoms with Gasteiger partial charge >= 0.3 is 0 Å². The molecule has 0 atom stereocenters. The minimum Gasteiger partial charge on any atom is -0.378 e. The Labute approximate surface area is 155 Å². The molecule has 0 N–H and O–H groups in total. The maximum Gasteiger partial charge on any atom is 0.293 e. The van der Waals surface area contributed by atoms with Crippen molar-refractivity contribution in [1.29, 1.82) is 0 Å². The Bertz CT molecular complexity index is 773. The molecule has 1 saturated heterocycles. The Balaban J connectivity index is 1.85. The lowest BCUT2D eigenvalue weighted by Gasteiger charge is -2.28. The maximum atomic E-state index is 12.8. The van der Waals surface area contributed by atoms with Crippen molar-refractivity contribution < 1.29 is 14.5 Å². The quantitative estimate of drug-likeness (QED) is 0.573. The molecule has 7 nitrogen and oxygen atoms in total. The van der Waals surface area contributed by atoms with Crippen molar-refractivity contribution in [2.75, 3.05) is 37.7 Å². The summed E-state index contributed by atoms with van der Waals surface area (Å²) in [7, 11) is 0. The van der Waals surface area contributed by atoms with Crippen molar-refractivity contribution in [2.45, 2.75) is 13.5 Å². The third-order valence-electron chi connectivity index (χ3n) is 4.37. The van der Waals surface area contributed by atoms with E-state index in [0.29, 0.717) is 50.6 Å². The van der Waals surface area contributed by atoms with Gasteiger partial charge in [-0.05, 0) is 30.5 Å². The number of nitro groups is 1. The molecular formula is C18H21N3O4S. The number of nitro benzene ring substituents is 1. The Kier molecular flexibility index (Phi) is 5.85. The van der Waals surface area contributed by atoms with Gasteiger partial charge < -0.3 is 14.5 Å². The SMILES string of the molecule is CCN(Cc1cccs1)C(=O)c1ccc(N2CCOCC2)c([N+](=O)[O-])c1. The van der Waals surface area contributed by atoms with E-state index in [0.717, 1.165) is 4.88 Å². The van der Waals surface area contributed by atoms with Crippen molar-refractivity contribution in [2.24, 2.45) is 0 Å². The minimum atomic E-state index is -0.420. The molecule has 0 spiro atoms. The number of rotatable bonds is 6. The van der Waals surface area contributed by atoms with E-state index in [4.69, 9.17) is 4.74 Å². The van der Waals surface area contributed by atoms with E-state index in [-0.39, 0.29) is 11.6 Å². The second-order valence-corrected chi connectivity index (χ2v) is 6.99. The highest BCUT2D eigenvalue weighted by Crippen LogP contribution is 2.30. The van der Waals surface area contributed by atoms with Crippen LogP contribution in [-0.4, -0.2) is 48.6 Å². The van der Waals surface area contributed by atoms with Gasteiger partial charge in [-0.15, -0.1) is 11.3 Å². The average Bonchev–Trinajstić information content (AvgIpc) is 3.19. The molecule has 3 rings (SSSR count). The average molecular weight is 375 g/mol. The van der Waals surface area contributed by atoms with Crippen LogP contribution in [0.25, 0.3) is 0 Å². The van der Waals surface area contributed by atoms with Gasteiger partial charge in [0, 0.05) is 36.1 Å². The van der Waals surface area contributed by atoms with Crippen LogP contribution in [0.5, 0.6) is 0 Å². The molecule has 1 aliphatic rings. The number of thiophene rings is 1. The number of ether oxygens (including phenoxy) is 1. The normalized spacial score (nSPS) is 14.3. The van der Waals surface area contributed by atoms with Crippen LogP contribution in [-0.2, 0) is 11.3 Å². The first-order valence-electron chi connectivity index (χ1n) is 8.53. The minimum absolute atomic E-state index is 0.0371. The van der Waals surface area contributed by atoms with Crippen LogP contribution in [0.15, 0.2) is 35.7 Å². The summed E-state index contributed by atoms with van der Waals surface area (Å²) in [5, 5.41) is 13.5. The summed E-state index contributed by atoms with van der Waals surface area (Å²) >= 11 is 1.59. The number of nitrogens with zero attached hydrogens (tertiary/aromatic N) is 3. The summed E-state index contributed by atoms with van der Waals surface area (Å²) < 4.78 is 5.31. The van der Waals surface area contributed by atoms with Gasteiger partial charge in [0.1, 0.15) is 5.69 Å². The maximum absolute atomic E-state index is 12.8. The number of carbonyl (C=O) groups excluding carboxylic acids is 1. The van der Waals surface area contributed by atoms with Gasteiger partial charge in [-0.25, -0.2) is 0 Å². The molecule has 138 valence electrons. The summed E-state index contributed by atoms with van der Waals surface area (Å²) in [6.45, 7) is 5.25. The molecule has 1 aromatic heterocycles. The molecule has 2 heterocycles. The van der Waals surface area contributed by atoms with E-state index in [1.807, 2.05) is 29.3 Å². The molecule has 1 aromatic carbocycles. The Morgan fingerprint density at radius 3 is 2.73 bits per heavy atom. The zero-order chi connectivity index (χ0) is 18.5. The number of benzene rings is 1. The van der Waals surface area contributed by atoms with Gasteiger partial charge in [0.2, 0.25) is 0 Å². The molecule has 0 bridgehead atoms. The number of morpholine rings is 1. The van der Waals surface area contributed by atoms with Crippen LogP contribution >= 0.6 is 11.3 Å². The second kappa shape index (κ2) is 8.29. The molecule has 26 heavy (non-hydrogen) atoms. The van der Waals surface area contributed by atoms with Gasteiger partial charge in [0.25, 0.3) is 11.6 Å². The van der Waals surface area contributed by atoms with Gasteiger partial charge in [-0.1, -0.05) is 6.07 Å². The zero-order valence-corrected chi connectivity index (χ0v) is 15.4. The zero-order valence-electron chi connectivity index (χ0n) is 14.6. The summed E-state index contributed by atoms with van der Waals surface area (Å²) in [5.41, 5.74) is 0.841. The monoisotopic (exact) mass is 375 g/mol. The van der Waals surface area contributed by atoms with Crippen LogP contribution in [0, 0.1) is 10.1 Å². The molecule has 0 unspecified atom stereocenters. The highest BCUT2D eigenvalue weighted by Gasteiger charge is 2.24. The third kappa shape index (κ3) is 4.03. The van der Waals surface area contributed by atoms with Gasteiger partial charge in [-0.3, -0.25) is 14.9 Å². The fraction of sp³-hybridized carbons (Fsp3) is 0.389. The first kappa shape index (κ1) is 18.3. The molecule has 0 radical (unpaired) electrons. The third-order valence-corrected chi connectivity index (χ3v) is 5.23. The fourth-order valence-electron chi connectivity index (χ4n) is 2.97. The van der Waals surface area contributed by atoms with Crippen LogP contribution in [0.1, 0.15) is 22.2 Å². The molecule has 8 heteroatoms. The van der Waals surface area contributed by atoms with E-state index in [9.17, 15) is 14.9 Å². The Morgan fingerprint density at radius 1 is 1.35 bits per heavy atom. The fourth-order valence-corrected chi connectivity index (χ4v) is 3.69. The number of carbonyl (C=O) groups is 1. The van der Waals surface area contributed by atoms with E-state index < -0.39 is 4.92 Å². The van der Waals surface area contributed by atoms with Gasteiger partial charge in [0.15, 0.2) is 0 Å². The topological polar surface area (TPSA) is 75.9 Å². The van der Waals surface area contributed by atoms with E-state index in [1.165, 1.54) is 6.07 Å². The standard InChI is InChI=1S/C18H21N3O4S/c1-2-19(13-15-4-3-11-26-15)18(22)14-5-6-16(17(12-14)21(23)24)20-7-9-25-10-8-20/h3-6,11-12H,2,7-10,13H2,1H3. The van der Waals surface area contributed by atoms with Gasteiger partial charge in [-0.2, -0.15) is 0 Å². The summed E-state index contributed by atoms with van der Waals surface area (Å²) in [6.07, 6.45) is 0. The molecule has 0 aliphatic carbocycles. The lowest BCUT2D eigenvalue weighted by atomic mass is 10.1. The molecule has 1 fully saturated rings.